The molecule has 1 aliphatic rings. The Balaban J connectivity index is 2.19. The lowest BCUT2D eigenvalue weighted by Crippen LogP contribution is -2.47. The van der Waals surface area contributed by atoms with Crippen molar-refractivity contribution in [3.05, 3.63) is 0 Å². The molecule has 1 unspecified atom stereocenters. The average molecular weight is 171 g/mol. The van der Waals surface area contributed by atoms with E-state index in [4.69, 9.17) is 5.73 Å². The van der Waals surface area contributed by atoms with Crippen LogP contribution in [0.1, 0.15) is 19.8 Å². The topological polar surface area (TPSA) is 84.2 Å². The van der Waals surface area contributed by atoms with Crippen LogP contribution in [0.2, 0.25) is 0 Å². The second kappa shape index (κ2) is 3.42. The second-order valence-electron chi connectivity index (χ2n) is 3.02. The molecule has 1 saturated carbocycles. The van der Waals surface area contributed by atoms with Gasteiger partial charge in [-0.3, -0.25) is 4.79 Å². The van der Waals surface area contributed by atoms with Gasteiger partial charge < -0.3 is 16.4 Å². The number of carbonyl (C=O) groups is 2. The number of hydrogen-bond acceptors (Lipinski definition) is 2. The number of carbonyl (C=O) groups excluding carboxylic acids is 2. The Labute approximate surface area is 70.7 Å². The van der Waals surface area contributed by atoms with Gasteiger partial charge in [0.25, 0.3) is 0 Å². The van der Waals surface area contributed by atoms with Crippen molar-refractivity contribution in [3.8, 4) is 0 Å². The van der Waals surface area contributed by atoms with Gasteiger partial charge in [-0.15, -0.1) is 0 Å². The number of hydrogen-bond donors (Lipinski definition) is 3. The highest BCUT2D eigenvalue weighted by Gasteiger charge is 2.24. The summed E-state index contributed by atoms with van der Waals surface area (Å²) in [6, 6.07) is -0.627. The van der Waals surface area contributed by atoms with E-state index in [0.717, 1.165) is 12.8 Å². The summed E-state index contributed by atoms with van der Waals surface area (Å²) >= 11 is 0. The minimum atomic E-state index is -0.608. The monoisotopic (exact) mass is 171 g/mol. The van der Waals surface area contributed by atoms with Crippen molar-refractivity contribution in [2.24, 2.45) is 5.73 Å². The van der Waals surface area contributed by atoms with Crippen LogP contribution in [0.25, 0.3) is 0 Å². The van der Waals surface area contributed by atoms with Crippen molar-refractivity contribution in [3.63, 3.8) is 0 Å². The van der Waals surface area contributed by atoms with E-state index in [1.807, 2.05) is 0 Å². The molecule has 4 N–H and O–H groups in total. The van der Waals surface area contributed by atoms with E-state index in [1.54, 1.807) is 6.92 Å². The summed E-state index contributed by atoms with van der Waals surface area (Å²) in [6.45, 7) is 1.55. The van der Waals surface area contributed by atoms with Gasteiger partial charge in [0.15, 0.2) is 0 Å². The van der Waals surface area contributed by atoms with E-state index in [1.165, 1.54) is 0 Å². The Bertz CT molecular complexity index is 201. The Morgan fingerprint density at radius 1 is 1.50 bits per heavy atom. The van der Waals surface area contributed by atoms with Gasteiger partial charge in [-0.1, -0.05) is 0 Å². The number of amides is 3. The van der Waals surface area contributed by atoms with Gasteiger partial charge in [0.05, 0.1) is 0 Å². The van der Waals surface area contributed by atoms with Crippen LogP contribution in [0.15, 0.2) is 0 Å². The fourth-order valence-corrected chi connectivity index (χ4v) is 0.723. The number of nitrogens with one attached hydrogen (secondary N) is 2. The van der Waals surface area contributed by atoms with E-state index in [0.29, 0.717) is 6.04 Å². The minimum Gasteiger partial charge on any atom is -0.368 e. The predicted molar refractivity (Wildman–Crippen MR) is 43.3 cm³/mol. The van der Waals surface area contributed by atoms with E-state index < -0.39 is 11.9 Å². The van der Waals surface area contributed by atoms with Crippen LogP contribution in [0, 0.1) is 0 Å². The number of primary amides is 1. The first kappa shape index (κ1) is 8.83. The van der Waals surface area contributed by atoms with Gasteiger partial charge in [-0.05, 0) is 19.8 Å². The number of nitrogens with two attached hydrogens (primary N) is 1. The maximum absolute atomic E-state index is 11.0. The zero-order valence-corrected chi connectivity index (χ0v) is 6.96. The van der Waals surface area contributed by atoms with Crippen LogP contribution in [-0.2, 0) is 4.79 Å². The summed E-state index contributed by atoms with van der Waals surface area (Å²) in [6.07, 6.45) is 2.05. The fraction of sp³-hybridized carbons (Fsp3) is 0.714. The molecule has 0 aromatic carbocycles. The molecule has 0 aromatic rings. The predicted octanol–water partition coefficient (Wildman–Crippen LogP) is -0.678. The van der Waals surface area contributed by atoms with Crippen molar-refractivity contribution in [2.75, 3.05) is 0 Å². The molecule has 0 radical (unpaired) electrons. The van der Waals surface area contributed by atoms with E-state index in [2.05, 4.69) is 10.6 Å². The molecule has 3 amide bonds. The molecule has 68 valence electrons. The molecule has 12 heavy (non-hydrogen) atoms. The molecule has 1 atom stereocenters. The van der Waals surface area contributed by atoms with Gasteiger partial charge >= 0.3 is 6.03 Å². The highest BCUT2D eigenvalue weighted by molar-refractivity contribution is 5.85. The van der Waals surface area contributed by atoms with Crippen LogP contribution in [0.4, 0.5) is 4.79 Å². The molecule has 1 aliphatic carbocycles. The lowest BCUT2D eigenvalue weighted by molar-refractivity contribution is -0.119. The summed E-state index contributed by atoms with van der Waals surface area (Å²) in [4.78, 5) is 21.5. The standard InChI is InChI=1S/C7H13N3O2/c1-4(6(8)11)9-7(12)10-5-2-3-5/h4-5H,2-3H2,1H3,(H2,8,11)(H2,9,10,12). The first-order valence-electron chi connectivity index (χ1n) is 3.96. The van der Waals surface area contributed by atoms with Gasteiger partial charge in [0, 0.05) is 6.04 Å². The van der Waals surface area contributed by atoms with Crippen molar-refractivity contribution in [1.82, 2.24) is 10.6 Å². The maximum atomic E-state index is 11.0. The van der Waals surface area contributed by atoms with Gasteiger partial charge in [-0.25, -0.2) is 4.79 Å². The Hall–Kier alpha value is -1.26. The average Bonchev–Trinajstić information content (AvgIpc) is 2.71. The molecule has 0 aliphatic heterocycles. The first-order valence-corrected chi connectivity index (χ1v) is 3.96. The van der Waals surface area contributed by atoms with Crippen LogP contribution >= 0.6 is 0 Å². The lowest BCUT2D eigenvalue weighted by Gasteiger charge is -2.10. The van der Waals surface area contributed by atoms with E-state index in [9.17, 15) is 9.59 Å². The minimum absolute atomic E-state index is 0.296. The molecule has 0 bridgehead atoms. The summed E-state index contributed by atoms with van der Waals surface area (Å²) in [5.41, 5.74) is 4.95. The van der Waals surface area contributed by atoms with Gasteiger partial charge in [-0.2, -0.15) is 0 Å². The smallest absolute Gasteiger partial charge is 0.315 e. The third kappa shape index (κ3) is 2.77. The summed E-state index contributed by atoms with van der Waals surface area (Å²) in [5, 5.41) is 5.11. The van der Waals surface area contributed by atoms with Crippen molar-refractivity contribution in [1.29, 1.82) is 0 Å². The fourth-order valence-electron chi connectivity index (χ4n) is 0.723. The summed E-state index contributed by atoms with van der Waals surface area (Å²) in [5.74, 6) is -0.527. The normalized spacial score (nSPS) is 18.1. The molecule has 5 heteroatoms. The molecule has 1 rings (SSSR count). The van der Waals surface area contributed by atoms with Crippen LogP contribution < -0.4 is 16.4 Å². The maximum Gasteiger partial charge on any atom is 0.315 e. The first-order chi connectivity index (χ1) is 5.59. The quantitative estimate of drug-likeness (QED) is 0.525. The molecule has 0 spiro atoms. The zero-order chi connectivity index (χ0) is 9.14. The highest BCUT2D eigenvalue weighted by atomic mass is 16.2. The third-order valence-electron chi connectivity index (χ3n) is 1.69. The zero-order valence-electron chi connectivity index (χ0n) is 6.96. The molecule has 0 saturated heterocycles. The van der Waals surface area contributed by atoms with Gasteiger partial charge in [0.2, 0.25) is 5.91 Å². The lowest BCUT2D eigenvalue weighted by atomic mass is 10.3. The SMILES string of the molecule is CC(NC(=O)NC1CC1)C(N)=O. The Morgan fingerprint density at radius 2 is 2.08 bits per heavy atom. The summed E-state index contributed by atoms with van der Waals surface area (Å²) in [7, 11) is 0. The number of rotatable bonds is 3. The molecule has 0 heterocycles. The largest absolute Gasteiger partial charge is 0.368 e. The van der Waals surface area contributed by atoms with Crippen LogP contribution in [0.3, 0.4) is 0 Å². The molecule has 5 nitrogen and oxygen atoms in total. The van der Waals surface area contributed by atoms with Crippen LogP contribution in [-0.4, -0.2) is 24.0 Å². The third-order valence-corrected chi connectivity index (χ3v) is 1.69. The molecular weight excluding hydrogens is 158 g/mol. The Morgan fingerprint density at radius 3 is 2.50 bits per heavy atom. The van der Waals surface area contributed by atoms with Crippen molar-refractivity contribution < 1.29 is 9.59 Å². The Kier molecular flexibility index (Phi) is 2.52. The summed E-state index contributed by atoms with van der Waals surface area (Å²) < 4.78 is 0. The highest BCUT2D eigenvalue weighted by Crippen LogP contribution is 2.18. The van der Waals surface area contributed by atoms with E-state index in [-0.39, 0.29) is 6.03 Å². The second-order valence-corrected chi connectivity index (χ2v) is 3.02. The molecule has 0 aromatic heterocycles. The van der Waals surface area contributed by atoms with Gasteiger partial charge in [0.1, 0.15) is 6.04 Å². The van der Waals surface area contributed by atoms with E-state index >= 15 is 0 Å². The molecule has 1 fully saturated rings. The van der Waals surface area contributed by atoms with Crippen molar-refractivity contribution in [2.45, 2.75) is 31.8 Å². The number of urea groups is 1. The van der Waals surface area contributed by atoms with Crippen molar-refractivity contribution >= 4 is 11.9 Å². The van der Waals surface area contributed by atoms with Crippen LogP contribution in [0.5, 0.6) is 0 Å². The molecular formula is C7H13N3O2.